The molecule has 5 nitrogen and oxygen atoms in total. The Labute approximate surface area is 110 Å². The SMILES string of the molecule is COc1ccc(CC(NC(C)=O)C(=O)O)c(Cl)c1. The Morgan fingerprint density at radius 3 is 2.61 bits per heavy atom. The van der Waals surface area contributed by atoms with Crippen molar-refractivity contribution in [1.82, 2.24) is 5.32 Å². The predicted octanol–water partition coefficient (Wildman–Crippen LogP) is 1.48. The minimum Gasteiger partial charge on any atom is -0.497 e. The fraction of sp³-hybridized carbons (Fsp3) is 0.333. The Morgan fingerprint density at radius 2 is 2.17 bits per heavy atom. The van der Waals surface area contributed by atoms with Crippen LogP contribution in [0.4, 0.5) is 0 Å². The van der Waals surface area contributed by atoms with Gasteiger partial charge < -0.3 is 15.2 Å². The lowest BCUT2D eigenvalue weighted by Gasteiger charge is -2.14. The first-order valence-electron chi connectivity index (χ1n) is 5.26. The molecule has 0 fully saturated rings. The highest BCUT2D eigenvalue weighted by atomic mass is 35.5. The quantitative estimate of drug-likeness (QED) is 0.851. The number of carboxylic acid groups (broad SMARTS) is 1. The zero-order valence-corrected chi connectivity index (χ0v) is 10.8. The Balaban J connectivity index is 2.87. The summed E-state index contributed by atoms with van der Waals surface area (Å²) in [6.45, 7) is 1.27. The third-order valence-electron chi connectivity index (χ3n) is 2.36. The summed E-state index contributed by atoms with van der Waals surface area (Å²) in [6, 6.07) is 3.98. The molecule has 0 spiro atoms. The third kappa shape index (κ3) is 3.92. The van der Waals surface area contributed by atoms with Crippen LogP contribution in [-0.4, -0.2) is 30.1 Å². The molecule has 0 bridgehead atoms. The minimum absolute atomic E-state index is 0.123. The average molecular weight is 272 g/mol. The van der Waals surface area contributed by atoms with E-state index in [0.717, 1.165) is 0 Å². The number of aliphatic carboxylic acids is 1. The van der Waals surface area contributed by atoms with Crippen LogP contribution in [0.2, 0.25) is 5.02 Å². The molecule has 0 aliphatic carbocycles. The van der Waals surface area contributed by atoms with Crippen LogP contribution in [0.5, 0.6) is 5.75 Å². The van der Waals surface area contributed by atoms with E-state index >= 15 is 0 Å². The van der Waals surface area contributed by atoms with E-state index in [1.54, 1.807) is 18.2 Å². The molecule has 1 atom stereocenters. The number of carboxylic acids is 1. The van der Waals surface area contributed by atoms with E-state index in [1.807, 2.05) is 0 Å². The van der Waals surface area contributed by atoms with Gasteiger partial charge in [0.2, 0.25) is 5.91 Å². The highest BCUT2D eigenvalue weighted by molar-refractivity contribution is 6.31. The number of hydrogen-bond acceptors (Lipinski definition) is 3. The number of methoxy groups -OCH3 is 1. The van der Waals surface area contributed by atoms with Crippen LogP contribution in [-0.2, 0) is 16.0 Å². The largest absolute Gasteiger partial charge is 0.497 e. The van der Waals surface area contributed by atoms with Gasteiger partial charge >= 0.3 is 5.97 Å². The van der Waals surface area contributed by atoms with Crippen molar-refractivity contribution in [3.05, 3.63) is 28.8 Å². The molecule has 0 saturated carbocycles. The molecule has 0 saturated heterocycles. The summed E-state index contributed by atoms with van der Waals surface area (Å²) in [5, 5.41) is 11.8. The lowest BCUT2D eigenvalue weighted by atomic mass is 10.1. The average Bonchev–Trinajstić information content (AvgIpc) is 2.29. The molecule has 0 aliphatic rings. The van der Waals surface area contributed by atoms with Gasteiger partial charge in [0, 0.05) is 18.4 Å². The summed E-state index contributed by atoms with van der Waals surface area (Å²) < 4.78 is 5.00. The Morgan fingerprint density at radius 1 is 1.50 bits per heavy atom. The summed E-state index contributed by atoms with van der Waals surface area (Å²) in [7, 11) is 1.52. The van der Waals surface area contributed by atoms with Gasteiger partial charge in [-0.15, -0.1) is 0 Å². The number of ether oxygens (including phenoxy) is 1. The summed E-state index contributed by atoms with van der Waals surface area (Å²) in [5.74, 6) is -0.903. The second-order valence-corrected chi connectivity index (χ2v) is 4.16. The van der Waals surface area contributed by atoms with Gasteiger partial charge in [-0.25, -0.2) is 4.79 Å². The first-order chi connectivity index (χ1) is 8.43. The molecule has 1 amide bonds. The van der Waals surface area contributed by atoms with Crippen LogP contribution in [0.15, 0.2) is 18.2 Å². The van der Waals surface area contributed by atoms with E-state index in [-0.39, 0.29) is 6.42 Å². The van der Waals surface area contributed by atoms with Gasteiger partial charge in [0.1, 0.15) is 11.8 Å². The Kier molecular flexibility index (Phi) is 4.97. The number of hydrogen-bond donors (Lipinski definition) is 2. The van der Waals surface area contributed by atoms with Crippen LogP contribution in [0.3, 0.4) is 0 Å². The van der Waals surface area contributed by atoms with Gasteiger partial charge in [-0.1, -0.05) is 17.7 Å². The number of halogens is 1. The topological polar surface area (TPSA) is 75.6 Å². The molecule has 0 aromatic heterocycles. The highest BCUT2D eigenvalue weighted by Gasteiger charge is 2.20. The Bertz CT molecular complexity index is 461. The van der Waals surface area contributed by atoms with Crippen molar-refractivity contribution in [1.29, 1.82) is 0 Å². The van der Waals surface area contributed by atoms with Crippen molar-refractivity contribution in [3.8, 4) is 5.75 Å². The molecular weight excluding hydrogens is 258 g/mol. The number of rotatable bonds is 5. The molecule has 1 unspecified atom stereocenters. The minimum atomic E-state index is -1.10. The predicted molar refractivity (Wildman–Crippen MR) is 66.9 cm³/mol. The van der Waals surface area contributed by atoms with Crippen LogP contribution in [0.1, 0.15) is 12.5 Å². The number of benzene rings is 1. The van der Waals surface area contributed by atoms with Crippen LogP contribution < -0.4 is 10.1 Å². The van der Waals surface area contributed by atoms with E-state index in [9.17, 15) is 9.59 Å². The van der Waals surface area contributed by atoms with Crippen molar-refractivity contribution in [2.24, 2.45) is 0 Å². The Hall–Kier alpha value is -1.75. The molecule has 0 aliphatic heterocycles. The van der Waals surface area contributed by atoms with Gasteiger partial charge in [-0.05, 0) is 17.7 Å². The zero-order valence-electron chi connectivity index (χ0n) is 10.1. The molecule has 6 heteroatoms. The lowest BCUT2D eigenvalue weighted by Crippen LogP contribution is -2.41. The summed E-state index contributed by atoms with van der Waals surface area (Å²) >= 11 is 6.01. The number of amides is 1. The van der Waals surface area contributed by atoms with E-state index in [2.05, 4.69) is 5.32 Å². The second kappa shape index (κ2) is 6.26. The van der Waals surface area contributed by atoms with E-state index in [0.29, 0.717) is 16.3 Å². The van der Waals surface area contributed by atoms with E-state index in [4.69, 9.17) is 21.4 Å². The lowest BCUT2D eigenvalue weighted by molar-refractivity contribution is -0.141. The maximum absolute atomic E-state index is 11.0. The standard InChI is InChI=1S/C12H14ClNO4/c1-7(15)14-11(12(16)17)5-8-3-4-9(18-2)6-10(8)13/h3-4,6,11H,5H2,1-2H3,(H,14,15)(H,16,17). The molecule has 0 heterocycles. The molecule has 98 valence electrons. The van der Waals surface area contributed by atoms with Crippen molar-refractivity contribution in [2.75, 3.05) is 7.11 Å². The van der Waals surface area contributed by atoms with Gasteiger partial charge in [0.05, 0.1) is 7.11 Å². The van der Waals surface area contributed by atoms with Crippen molar-refractivity contribution in [2.45, 2.75) is 19.4 Å². The fourth-order valence-electron chi connectivity index (χ4n) is 1.49. The number of carbonyl (C=O) groups excluding carboxylic acids is 1. The van der Waals surface area contributed by atoms with Crippen molar-refractivity contribution < 1.29 is 19.4 Å². The molecular formula is C12H14ClNO4. The van der Waals surface area contributed by atoms with Gasteiger partial charge in [0.15, 0.2) is 0 Å². The summed E-state index contributed by atoms with van der Waals surface area (Å²) in [5.41, 5.74) is 0.638. The van der Waals surface area contributed by atoms with E-state index in [1.165, 1.54) is 14.0 Å². The summed E-state index contributed by atoms with van der Waals surface area (Å²) in [6.07, 6.45) is 0.123. The van der Waals surface area contributed by atoms with Crippen molar-refractivity contribution >= 4 is 23.5 Å². The smallest absolute Gasteiger partial charge is 0.326 e. The molecule has 18 heavy (non-hydrogen) atoms. The maximum Gasteiger partial charge on any atom is 0.326 e. The monoisotopic (exact) mass is 271 g/mol. The van der Waals surface area contributed by atoms with Crippen LogP contribution in [0, 0.1) is 0 Å². The first-order valence-corrected chi connectivity index (χ1v) is 5.64. The molecule has 0 radical (unpaired) electrons. The van der Waals surface area contributed by atoms with Crippen LogP contribution >= 0.6 is 11.6 Å². The third-order valence-corrected chi connectivity index (χ3v) is 2.71. The fourth-order valence-corrected chi connectivity index (χ4v) is 1.73. The van der Waals surface area contributed by atoms with Crippen molar-refractivity contribution in [3.63, 3.8) is 0 Å². The van der Waals surface area contributed by atoms with Crippen LogP contribution in [0.25, 0.3) is 0 Å². The normalized spacial score (nSPS) is 11.7. The first kappa shape index (κ1) is 14.3. The maximum atomic E-state index is 11.0. The molecule has 1 rings (SSSR count). The van der Waals surface area contributed by atoms with Gasteiger partial charge in [0.25, 0.3) is 0 Å². The number of carbonyl (C=O) groups is 2. The van der Waals surface area contributed by atoms with Gasteiger partial charge in [-0.2, -0.15) is 0 Å². The zero-order chi connectivity index (χ0) is 13.7. The van der Waals surface area contributed by atoms with Gasteiger partial charge in [-0.3, -0.25) is 4.79 Å². The van der Waals surface area contributed by atoms with E-state index < -0.39 is 17.9 Å². The molecule has 1 aromatic rings. The molecule has 1 aromatic carbocycles. The summed E-state index contributed by atoms with van der Waals surface area (Å²) in [4.78, 5) is 21.9. The highest BCUT2D eigenvalue weighted by Crippen LogP contribution is 2.23. The second-order valence-electron chi connectivity index (χ2n) is 3.75. The molecule has 2 N–H and O–H groups in total. The number of nitrogens with one attached hydrogen (secondary N) is 1.